The molecule has 6 rings (SSSR count). The lowest BCUT2D eigenvalue weighted by Crippen LogP contribution is -2.71. The minimum Gasteiger partial charge on any atom is -0.394 e. The fourth-order valence-corrected chi connectivity index (χ4v) is 7.81. The largest absolute Gasteiger partial charge is 0.394 e. The Bertz CT molecular complexity index is 1300. The van der Waals surface area contributed by atoms with Gasteiger partial charge in [-0.3, -0.25) is 4.79 Å². The van der Waals surface area contributed by atoms with E-state index in [1.165, 1.54) is 0 Å². The Labute approximate surface area is 318 Å². The Kier molecular flexibility index (Phi) is 14.2. The number of hydrogen-bond acceptors (Lipinski definition) is 21. The van der Waals surface area contributed by atoms with Crippen LogP contribution in [0.4, 0.5) is 0 Å². The van der Waals surface area contributed by atoms with E-state index in [1.54, 1.807) is 12.2 Å². The van der Waals surface area contributed by atoms with E-state index in [2.05, 4.69) is 21.3 Å². The van der Waals surface area contributed by atoms with Gasteiger partial charge in [0.1, 0.15) is 54.9 Å². The van der Waals surface area contributed by atoms with E-state index in [9.17, 15) is 40.5 Å². The first-order chi connectivity index (χ1) is 26.2. The molecule has 17 atom stereocenters. The maximum atomic E-state index is 13.0. The molecular weight excluding hydrogens is 732 g/mol. The van der Waals surface area contributed by atoms with Gasteiger partial charge in [0, 0.05) is 38.8 Å². The lowest BCUT2D eigenvalue weighted by atomic mass is 9.83. The topological polar surface area (TPSA) is 366 Å². The molecule has 6 aliphatic rings. The lowest BCUT2D eigenvalue weighted by Gasteiger charge is -2.47. The van der Waals surface area contributed by atoms with E-state index in [4.69, 9.17) is 51.4 Å². The highest BCUT2D eigenvalue weighted by atomic mass is 16.8. The summed E-state index contributed by atoms with van der Waals surface area (Å²) in [5.74, 6) is -0.731. The number of carbonyl (C=O) groups excluding carboxylic acids is 1. The molecule has 5 heterocycles. The van der Waals surface area contributed by atoms with Gasteiger partial charge in [0.05, 0.1) is 36.4 Å². The van der Waals surface area contributed by atoms with Gasteiger partial charge in [0.2, 0.25) is 0 Å². The fourth-order valence-electron chi connectivity index (χ4n) is 7.81. The van der Waals surface area contributed by atoms with Crippen LogP contribution in [0.3, 0.4) is 0 Å². The van der Waals surface area contributed by atoms with Gasteiger partial charge in [-0.15, -0.1) is 0 Å². The maximum absolute atomic E-state index is 13.0. The number of amides is 1. The molecule has 1 amide bonds. The second kappa shape index (κ2) is 18.1. The zero-order valence-corrected chi connectivity index (χ0v) is 30.5. The standard InChI is InChI=1S/C33H60N8O14/c34-8-18-22(44)23(45)20(37)29(51-18)54-26-19(10-42)52-30(24(26)46)55-27-21(43)17(41-31(47)33(49)12-40-13-33)7-16(36)25(27)53-28-15(35)2-1-14(50-28)9-39-11-32(48)3-5-38-6-4-32/h1-2,14-30,38-40,42-46,48-49H,3-13,34-37H2,(H,41,47)/t14-,15+,16-,17+,18-,19+,20+,21-,22+,23+,24+,25+,26+,27+,28+,29+,30-/m0/s1. The molecular formula is C33H60N8O14. The van der Waals surface area contributed by atoms with Crippen molar-refractivity contribution in [2.24, 2.45) is 22.9 Å². The van der Waals surface area contributed by atoms with Crippen molar-refractivity contribution in [3.8, 4) is 0 Å². The van der Waals surface area contributed by atoms with Crippen molar-refractivity contribution in [3.63, 3.8) is 0 Å². The van der Waals surface area contributed by atoms with Gasteiger partial charge in [0.25, 0.3) is 5.91 Å². The second-order valence-electron chi connectivity index (χ2n) is 15.6. The fraction of sp³-hybridized carbons (Fsp3) is 0.909. The molecule has 19 N–H and O–H groups in total. The van der Waals surface area contributed by atoms with Gasteiger partial charge in [-0.1, -0.05) is 12.2 Å². The molecule has 316 valence electrons. The Morgan fingerprint density at radius 1 is 0.818 bits per heavy atom. The molecule has 0 spiro atoms. The van der Waals surface area contributed by atoms with Gasteiger partial charge in [-0.2, -0.15) is 0 Å². The van der Waals surface area contributed by atoms with E-state index < -0.39 is 128 Å². The highest BCUT2D eigenvalue weighted by Crippen LogP contribution is 2.34. The Morgan fingerprint density at radius 2 is 1.49 bits per heavy atom. The number of nitrogens with one attached hydrogen (secondary N) is 4. The summed E-state index contributed by atoms with van der Waals surface area (Å²) in [6.07, 6.45) is -12.2. The van der Waals surface area contributed by atoms with E-state index in [-0.39, 0.29) is 26.1 Å². The first-order valence-corrected chi connectivity index (χ1v) is 19.0. The first kappa shape index (κ1) is 43.0. The van der Waals surface area contributed by atoms with E-state index in [1.807, 2.05) is 0 Å². The maximum Gasteiger partial charge on any atom is 0.254 e. The molecule has 5 aliphatic heterocycles. The number of piperidine rings is 1. The zero-order chi connectivity index (χ0) is 39.7. The van der Waals surface area contributed by atoms with Crippen LogP contribution in [0.15, 0.2) is 12.2 Å². The number of ether oxygens (including phenoxy) is 6. The molecule has 4 saturated heterocycles. The van der Waals surface area contributed by atoms with Crippen LogP contribution in [-0.2, 0) is 33.2 Å². The molecule has 0 bridgehead atoms. The smallest absolute Gasteiger partial charge is 0.254 e. The molecule has 1 saturated carbocycles. The predicted molar refractivity (Wildman–Crippen MR) is 188 cm³/mol. The summed E-state index contributed by atoms with van der Waals surface area (Å²) in [5, 5.41) is 87.6. The van der Waals surface area contributed by atoms with Crippen molar-refractivity contribution < 1.29 is 69.0 Å². The molecule has 0 radical (unpaired) electrons. The Balaban J connectivity index is 1.16. The summed E-state index contributed by atoms with van der Waals surface area (Å²) in [6, 6.07) is -4.03. The molecule has 5 fully saturated rings. The number of aliphatic hydroxyl groups is 7. The molecule has 22 nitrogen and oxygen atoms in total. The number of carbonyl (C=O) groups is 1. The molecule has 22 heteroatoms. The van der Waals surface area contributed by atoms with Crippen molar-refractivity contribution in [1.82, 2.24) is 21.3 Å². The second-order valence-corrected chi connectivity index (χ2v) is 15.6. The van der Waals surface area contributed by atoms with Gasteiger partial charge in [0.15, 0.2) is 24.5 Å². The molecule has 55 heavy (non-hydrogen) atoms. The quantitative estimate of drug-likeness (QED) is 0.0726. The molecule has 0 aromatic heterocycles. The molecule has 0 aromatic rings. The number of rotatable bonds is 14. The average Bonchev–Trinajstić information content (AvgIpc) is 3.45. The zero-order valence-electron chi connectivity index (χ0n) is 30.5. The lowest BCUT2D eigenvalue weighted by molar-refractivity contribution is -0.284. The van der Waals surface area contributed by atoms with Crippen LogP contribution >= 0.6 is 0 Å². The Hall–Kier alpha value is -1.59. The van der Waals surface area contributed by atoms with Gasteiger partial charge in [-0.05, 0) is 32.4 Å². The van der Waals surface area contributed by atoms with Crippen molar-refractivity contribution in [1.29, 1.82) is 0 Å². The third-order valence-electron chi connectivity index (χ3n) is 11.4. The Morgan fingerprint density at radius 3 is 2.15 bits per heavy atom. The molecule has 0 aromatic carbocycles. The van der Waals surface area contributed by atoms with Crippen LogP contribution in [0.25, 0.3) is 0 Å². The van der Waals surface area contributed by atoms with Crippen LogP contribution in [0.1, 0.15) is 19.3 Å². The summed E-state index contributed by atoms with van der Waals surface area (Å²) in [7, 11) is 0. The van der Waals surface area contributed by atoms with E-state index >= 15 is 0 Å². The number of aliphatic hydroxyl groups excluding tert-OH is 5. The van der Waals surface area contributed by atoms with Crippen LogP contribution in [-0.4, -0.2) is 209 Å². The monoisotopic (exact) mass is 792 g/mol. The number of hydrogen-bond donors (Lipinski definition) is 15. The SMILES string of the molecule is NC[C@@H]1O[C@H](O[C@H]2[C@@H](O)[C@H](O[C@@H]3[C@@H](O)[C@H](NC(=O)C4(O)CNC4)C[C@H](N)[C@H]3O[C@H]3O[C@H](CNCC4(O)CCNCC4)C=C[C@H]3N)O[C@@H]2CO)[C@H](N)[C@@H](O)[C@@H]1O. The van der Waals surface area contributed by atoms with Gasteiger partial charge in [-0.25, -0.2) is 0 Å². The number of β-amino-alcohol motifs (C(OH)–C–C–N with tert-alkyl or cyclic N) is 1. The third kappa shape index (κ3) is 9.50. The van der Waals surface area contributed by atoms with Gasteiger partial charge >= 0.3 is 0 Å². The summed E-state index contributed by atoms with van der Waals surface area (Å²) in [6.45, 7) is 1.28. The minimum atomic E-state index is -1.69. The molecule has 0 unspecified atom stereocenters. The normalized spacial score (nSPS) is 45.5. The van der Waals surface area contributed by atoms with Crippen molar-refractivity contribution in [2.45, 2.75) is 135 Å². The summed E-state index contributed by atoms with van der Waals surface area (Å²) < 4.78 is 36.2. The first-order valence-electron chi connectivity index (χ1n) is 19.0. The molecule has 1 aliphatic carbocycles. The number of nitrogens with two attached hydrogens (primary N) is 4. The van der Waals surface area contributed by atoms with Crippen molar-refractivity contribution >= 4 is 5.91 Å². The van der Waals surface area contributed by atoms with E-state index in [0.29, 0.717) is 39.0 Å². The van der Waals surface area contributed by atoms with Crippen LogP contribution in [0.2, 0.25) is 0 Å². The van der Waals surface area contributed by atoms with Gasteiger partial charge < -0.3 is 108 Å². The van der Waals surface area contributed by atoms with Crippen molar-refractivity contribution in [3.05, 3.63) is 12.2 Å². The average molecular weight is 793 g/mol. The minimum absolute atomic E-state index is 0.0126. The third-order valence-corrected chi connectivity index (χ3v) is 11.4. The highest BCUT2D eigenvalue weighted by molar-refractivity contribution is 5.87. The summed E-state index contributed by atoms with van der Waals surface area (Å²) >= 11 is 0. The van der Waals surface area contributed by atoms with Crippen LogP contribution in [0, 0.1) is 0 Å². The van der Waals surface area contributed by atoms with E-state index in [0.717, 1.165) is 0 Å². The van der Waals surface area contributed by atoms with Crippen LogP contribution < -0.4 is 44.2 Å². The van der Waals surface area contributed by atoms with Crippen molar-refractivity contribution in [2.75, 3.05) is 52.4 Å². The summed E-state index contributed by atoms with van der Waals surface area (Å²) in [4.78, 5) is 13.0. The highest BCUT2D eigenvalue weighted by Gasteiger charge is 2.55. The predicted octanol–water partition coefficient (Wildman–Crippen LogP) is -8.82. The summed E-state index contributed by atoms with van der Waals surface area (Å²) in [5.41, 5.74) is 22.2. The van der Waals surface area contributed by atoms with Crippen LogP contribution in [0.5, 0.6) is 0 Å².